The average molecular weight is 306 g/mol. The average Bonchev–Trinajstić information content (AvgIpc) is 3.00. The lowest BCUT2D eigenvalue weighted by Crippen LogP contribution is -2.60. The van der Waals surface area contributed by atoms with Gasteiger partial charge in [0.25, 0.3) is 0 Å². The van der Waals surface area contributed by atoms with Crippen molar-refractivity contribution >= 4 is 35.6 Å². The molecule has 0 radical (unpaired) electrons. The Labute approximate surface area is 133 Å². The van der Waals surface area contributed by atoms with Crippen molar-refractivity contribution < 1.29 is 0 Å². The van der Waals surface area contributed by atoms with Gasteiger partial charge in [-0.05, 0) is 35.9 Å². The molecule has 0 saturated carbocycles. The predicted molar refractivity (Wildman–Crippen MR) is 93.8 cm³/mol. The van der Waals surface area contributed by atoms with Gasteiger partial charge in [0.1, 0.15) is 6.17 Å². The van der Waals surface area contributed by atoms with E-state index in [-0.39, 0.29) is 6.17 Å². The second-order valence-electron chi connectivity index (χ2n) is 5.79. The minimum absolute atomic E-state index is 0.176. The van der Waals surface area contributed by atoms with Crippen LogP contribution in [0.15, 0.2) is 41.4 Å². The van der Waals surface area contributed by atoms with Crippen molar-refractivity contribution in [1.29, 1.82) is 0 Å². The minimum atomic E-state index is -0.176. The molecule has 0 amide bonds. The number of aliphatic imine (C=N–C) groups is 1. The molecule has 1 unspecified atom stereocenters. The molecule has 6 heteroatoms. The number of hydrazine groups is 2. The van der Waals surface area contributed by atoms with E-state index in [1.165, 1.54) is 0 Å². The van der Waals surface area contributed by atoms with E-state index in [4.69, 9.17) is 17.4 Å². The summed E-state index contributed by atoms with van der Waals surface area (Å²) >= 11 is 0. The number of nitrogens with two attached hydrogens (primary N) is 3. The molecule has 1 atom stereocenters. The zero-order valence-corrected chi connectivity index (χ0v) is 12.6. The Hall–Kier alpha value is -2.83. The molecule has 23 heavy (non-hydrogen) atoms. The summed E-state index contributed by atoms with van der Waals surface area (Å²) in [4.78, 5) is 4.32. The van der Waals surface area contributed by atoms with Gasteiger partial charge < -0.3 is 5.73 Å². The highest BCUT2D eigenvalue weighted by molar-refractivity contribution is 5.97. The summed E-state index contributed by atoms with van der Waals surface area (Å²) in [6, 6.07) is 11.7. The van der Waals surface area contributed by atoms with Gasteiger partial charge in [-0.15, -0.1) is 0 Å². The van der Waals surface area contributed by atoms with Crippen molar-refractivity contribution in [3.8, 4) is 0 Å². The molecule has 0 aromatic heterocycles. The summed E-state index contributed by atoms with van der Waals surface area (Å²) in [5.41, 5.74) is 9.57. The van der Waals surface area contributed by atoms with E-state index >= 15 is 0 Å². The summed E-state index contributed by atoms with van der Waals surface area (Å²) < 4.78 is 0. The first-order valence-corrected chi connectivity index (χ1v) is 7.44. The molecule has 116 valence electrons. The molecule has 0 fully saturated rings. The highest BCUT2D eigenvalue weighted by atomic mass is 15.6. The summed E-state index contributed by atoms with van der Waals surface area (Å²) in [7, 11) is 0. The van der Waals surface area contributed by atoms with Crippen molar-refractivity contribution in [1.82, 2.24) is 5.01 Å². The molecule has 2 aliphatic heterocycles. The zero-order valence-electron chi connectivity index (χ0n) is 12.6. The van der Waals surface area contributed by atoms with Gasteiger partial charge in [-0.25, -0.2) is 11.7 Å². The molecule has 0 spiro atoms. The summed E-state index contributed by atoms with van der Waals surface area (Å²) in [6.45, 7) is 0. The summed E-state index contributed by atoms with van der Waals surface area (Å²) in [5.74, 6) is 12.6. The molecular weight excluding hydrogens is 288 g/mol. The summed E-state index contributed by atoms with van der Waals surface area (Å²) in [5, 5.41) is 5.41. The zero-order chi connectivity index (χ0) is 16.0. The number of nitrogen functional groups attached to an aromatic ring is 1. The standard InChI is InChI=1S/C17H18N6/c18-12-3-1-2-11(8-12)9-17-22(19)10-14-13-6-7-21-15(13)4-5-16(14)23(17)20/h1-8,10,17H,9,18-20H2. The molecule has 2 aromatic carbocycles. The normalized spacial score (nSPS) is 18.3. The number of hydrogen-bond acceptors (Lipinski definition) is 6. The highest BCUT2D eigenvalue weighted by Gasteiger charge is 2.26. The van der Waals surface area contributed by atoms with Crippen LogP contribution in [0, 0.1) is 0 Å². The van der Waals surface area contributed by atoms with Crippen molar-refractivity contribution in [3.05, 3.63) is 52.4 Å². The Morgan fingerprint density at radius 2 is 1.96 bits per heavy atom. The van der Waals surface area contributed by atoms with Crippen LogP contribution in [0.4, 0.5) is 17.1 Å². The van der Waals surface area contributed by atoms with Gasteiger partial charge in [0.2, 0.25) is 0 Å². The second kappa shape index (κ2) is 5.12. The van der Waals surface area contributed by atoms with Crippen LogP contribution in [-0.4, -0.2) is 17.4 Å². The van der Waals surface area contributed by atoms with Crippen molar-refractivity contribution in [3.63, 3.8) is 0 Å². The molecule has 4 rings (SSSR count). The lowest BCUT2D eigenvalue weighted by atomic mass is 10.1. The van der Waals surface area contributed by atoms with Gasteiger partial charge in [-0.3, -0.25) is 15.0 Å². The number of benzene rings is 2. The van der Waals surface area contributed by atoms with Crippen LogP contribution < -0.4 is 32.9 Å². The Morgan fingerprint density at radius 3 is 2.78 bits per heavy atom. The lowest BCUT2D eigenvalue weighted by Gasteiger charge is -2.38. The van der Waals surface area contributed by atoms with Crippen molar-refractivity contribution in [2.24, 2.45) is 16.7 Å². The van der Waals surface area contributed by atoms with Crippen molar-refractivity contribution in [2.75, 3.05) is 10.7 Å². The molecule has 6 N–H and O–H groups in total. The molecular formula is C17H18N6. The number of anilines is 2. The maximum Gasteiger partial charge on any atom is 0.134 e. The first-order chi connectivity index (χ1) is 11.1. The number of rotatable bonds is 2. The quantitative estimate of drug-likeness (QED) is 0.533. The van der Waals surface area contributed by atoms with E-state index < -0.39 is 0 Å². The maximum absolute atomic E-state index is 6.37. The SMILES string of the molecule is Nc1cccc(CC2N(N)C=c3c(ccc4c3=CC=N4)N2N)c1. The highest BCUT2D eigenvalue weighted by Crippen LogP contribution is 2.20. The topological polar surface area (TPSA) is 96.9 Å². The van der Waals surface area contributed by atoms with Crippen LogP contribution >= 0.6 is 0 Å². The fraction of sp³-hybridized carbons (Fsp3) is 0.118. The largest absolute Gasteiger partial charge is 0.399 e. The van der Waals surface area contributed by atoms with Crippen LogP contribution in [0.3, 0.4) is 0 Å². The maximum atomic E-state index is 6.37. The fourth-order valence-electron chi connectivity index (χ4n) is 3.13. The predicted octanol–water partition coefficient (Wildman–Crippen LogP) is -0.0586. The van der Waals surface area contributed by atoms with Crippen LogP contribution in [0.5, 0.6) is 0 Å². The Kier molecular flexibility index (Phi) is 3.07. The van der Waals surface area contributed by atoms with E-state index in [0.29, 0.717) is 6.42 Å². The second-order valence-corrected chi connectivity index (χ2v) is 5.79. The third-order valence-corrected chi connectivity index (χ3v) is 4.29. The smallest absolute Gasteiger partial charge is 0.134 e. The molecule has 0 bridgehead atoms. The van der Waals surface area contributed by atoms with Crippen LogP contribution in [0.2, 0.25) is 0 Å². The first kappa shape index (κ1) is 13.8. The number of hydrogen-bond donors (Lipinski definition) is 3. The van der Waals surface area contributed by atoms with Crippen LogP contribution in [-0.2, 0) is 6.42 Å². The monoisotopic (exact) mass is 306 g/mol. The molecule has 0 aliphatic carbocycles. The molecule has 2 heterocycles. The molecule has 2 aliphatic rings. The van der Waals surface area contributed by atoms with Crippen molar-refractivity contribution in [2.45, 2.75) is 12.6 Å². The third kappa shape index (κ3) is 2.25. The first-order valence-electron chi connectivity index (χ1n) is 7.44. The minimum Gasteiger partial charge on any atom is -0.399 e. The van der Waals surface area contributed by atoms with Gasteiger partial charge >= 0.3 is 0 Å². The number of nitrogens with zero attached hydrogens (tertiary/aromatic N) is 3. The van der Waals surface area contributed by atoms with E-state index in [9.17, 15) is 0 Å². The van der Waals surface area contributed by atoms with Gasteiger partial charge in [0, 0.05) is 35.0 Å². The van der Waals surface area contributed by atoms with E-state index in [1.54, 1.807) is 16.2 Å². The van der Waals surface area contributed by atoms with Gasteiger partial charge in [0.05, 0.1) is 11.4 Å². The van der Waals surface area contributed by atoms with Crippen LogP contribution in [0.1, 0.15) is 5.56 Å². The fourth-order valence-corrected chi connectivity index (χ4v) is 3.13. The lowest BCUT2D eigenvalue weighted by molar-refractivity contribution is 0.292. The van der Waals surface area contributed by atoms with Gasteiger partial charge in [0.15, 0.2) is 0 Å². The molecule has 2 aromatic rings. The molecule has 0 saturated heterocycles. The van der Waals surface area contributed by atoms with E-state index in [2.05, 4.69) is 4.99 Å². The Morgan fingerprint density at radius 1 is 1.09 bits per heavy atom. The van der Waals surface area contributed by atoms with Gasteiger partial charge in [-0.2, -0.15) is 0 Å². The Bertz CT molecular complexity index is 917. The Balaban J connectivity index is 1.74. The number of fused-ring (bicyclic) bond motifs is 3. The van der Waals surface area contributed by atoms with E-state index in [0.717, 1.165) is 33.1 Å². The van der Waals surface area contributed by atoms with Gasteiger partial charge in [-0.1, -0.05) is 12.1 Å². The summed E-state index contributed by atoms with van der Waals surface area (Å²) in [6.07, 6.45) is 6.19. The van der Waals surface area contributed by atoms with E-state index in [1.807, 2.05) is 48.7 Å². The van der Waals surface area contributed by atoms with Crippen LogP contribution in [0.25, 0.3) is 12.3 Å². The third-order valence-electron chi connectivity index (χ3n) is 4.29. The molecule has 6 nitrogen and oxygen atoms in total.